The minimum atomic E-state index is -0.680. The Kier molecular flexibility index (Phi) is 7.10. The summed E-state index contributed by atoms with van der Waals surface area (Å²) in [6, 6.07) is 4.11. The molecule has 3 aromatic rings. The molecule has 0 radical (unpaired) electrons. The van der Waals surface area contributed by atoms with E-state index in [-0.39, 0.29) is 22.9 Å². The summed E-state index contributed by atoms with van der Waals surface area (Å²) in [6.07, 6.45) is 3.95. The first-order valence-electron chi connectivity index (χ1n) is 12.7. The number of morpholine rings is 1. The molecule has 196 valence electrons. The van der Waals surface area contributed by atoms with Crippen LogP contribution < -0.4 is 15.1 Å². The topological polar surface area (TPSA) is 73.8 Å². The molecular formula is C27H32F2N6O2. The molecule has 0 aliphatic carbocycles. The molecule has 1 N–H and O–H groups in total. The van der Waals surface area contributed by atoms with Crippen molar-refractivity contribution in [3.63, 3.8) is 0 Å². The fraction of sp³-hybridized carbons (Fsp3) is 0.444. The lowest BCUT2D eigenvalue weighted by atomic mass is 10.1. The van der Waals surface area contributed by atoms with Crippen molar-refractivity contribution in [3.8, 4) is 0 Å². The summed E-state index contributed by atoms with van der Waals surface area (Å²) in [7, 11) is 0. The maximum atomic E-state index is 15.2. The van der Waals surface area contributed by atoms with E-state index < -0.39 is 11.6 Å². The standard InChI is InChI=1S/C27H32F2N6O2/c1-4-24(36)35-6-5-34(16-17(35)2)27-18(3)26(25-22(29)11-19(28)12-23(25)32-27)31-20-13-21(15-30-14-20)33-7-9-37-10-8-33/h11-15,17H,4-10,16H2,1-3H3,(H,31,32)/t17-/m1/s1. The Bertz CT molecular complexity index is 1310. The van der Waals surface area contributed by atoms with Gasteiger partial charge in [-0.25, -0.2) is 13.8 Å². The number of carbonyl (C=O) groups excluding carboxylic acids is 1. The predicted molar refractivity (Wildman–Crippen MR) is 141 cm³/mol. The van der Waals surface area contributed by atoms with Gasteiger partial charge in [0.05, 0.1) is 53.6 Å². The van der Waals surface area contributed by atoms with Crippen molar-refractivity contribution < 1.29 is 18.3 Å². The number of amides is 1. The highest BCUT2D eigenvalue weighted by Gasteiger charge is 2.29. The molecule has 5 rings (SSSR count). The SMILES string of the molecule is CCC(=O)N1CCN(c2nc3cc(F)cc(F)c3c(Nc3cncc(N4CCOCC4)c3)c2C)C[C@H]1C. The first-order valence-corrected chi connectivity index (χ1v) is 12.7. The number of hydrogen-bond acceptors (Lipinski definition) is 7. The summed E-state index contributed by atoms with van der Waals surface area (Å²) in [6.45, 7) is 10.3. The quantitative estimate of drug-likeness (QED) is 0.550. The second kappa shape index (κ2) is 10.5. The summed E-state index contributed by atoms with van der Waals surface area (Å²) in [4.78, 5) is 27.6. The van der Waals surface area contributed by atoms with Crippen LogP contribution >= 0.6 is 0 Å². The van der Waals surface area contributed by atoms with Crippen LogP contribution in [0, 0.1) is 18.6 Å². The molecular weight excluding hydrogens is 478 g/mol. The van der Waals surface area contributed by atoms with Crippen LogP contribution in [-0.4, -0.2) is 72.8 Å². The summed E-state index contributed by atoms with van der Waals surface area (Å²) in [5.41, 5.74) is 3.15. The average molecular weight is 511 g/mol. The number of rotatable bonds is 5. The van der Waals surface area contributed by atoms with Crippen LogP contribution in [-0.2, 0) is 9.53 Å². The first-order chi connectivity index (χ1) is 17.9. The molecule has 0 bridgehead atoms. The van der Waals surface area contributed by atoms with E-state index in [1.807, 2.05) is 31.7 Å². The van der Waals surface area contributed by atoms with Crippen LogP contribution in [0.1, 0.15) is 25.8 Å². The van der Waals surface area contributed by atoms with Gasteiger partial charge in [-0.05, 0) is 19.9 Å². The smallest absolute Gasteiger partial charge is 0.222 e. The molecule has 1 aromatic carbocycles. The number of carbonyl (C=O) groups is 1. The number of anilines is 4. The van der Waals surface area contributed by atoms with Crippen molar-refractivity contribution in [2.45, 2.75) is 33.2 Å². The van der Waals surface area contributed by atoms with E-state index in [9.17, 15) is 9.18 Å². The molecule has 8 nitrogen and oxygen atoms in total. The Hall–Kier alpha value is -3.53. The van der Waals surface area contributed by atoms with Crippen LogP contribution in [0.25, 0.3) is 10.9 Å². The second-order valence-corrected chi connectivity index (χ2v) is 9.61. The minimum absolute atomic E-state index is 0.00634. The molecule has 37 heavy (non-hydrogen) atoms. The summed E-state index contributed by atoms with van der Waals surface area (Å²) < 4.78 is 34.9. The normalized spacial score (nSPS) is 18.4. The van der Waals surface area contributed by atoms with Gasteiger partial charge in [0.2, 0.25) is 5.91 Å². The maximum Gasteiger partial charge on any atom is 0.222 e. The molecule has 10 heteroatoms. The number of benzene rings is 1. The van der Waals surface area contributed by atoms with Crippen molar-refractivity contribution in [1.82, 2.24) is 14.9 Å². The highest BCUT2D eigenvalue weighted by atomic mass is 19.1. The lowest BCUT2D eigenvalue weighted by Crippen LogP contribution is -2.54. The molecule has 1 amide bonds. The molecule has 0 spiro atoms. The van der Waals surface area contributed by atoms with Gasteiger partial charge in [-0.1, -0.05) is 6.92 Å². The summed E-state index contributed by atoms with van der Waals surface area (Å²) in [5.74, 6) is -0.591. The highest BCUT2D eigenvalue weighted by Crippen LogP contribution is 2.37. The van der Waals surface area contributed by atoms with Gasteiger partial charge in [-0.2, -0.15) is 0 Å². The zero-order chi connectivity index (χ0) is 26.1. The molecule has 2 saturated heterocycles. The van der Waals surface area contributed by atoms with Gasteiger partial charge in [0, 0.05) is 62.9 Å². The van der Waals surface area contributed by atoms with Crippen molar-refractivity contribution in [3.05, 3.63) is 47.8 Å². The van der Waals surface area contributed by atoms with E-state index in [0.29, 0.717) is 56.5 Å². The minimum Gasteiger partial charge on any atom is -0.378 e. The summed E-state index contributed by atoms with van der Waals surface area (Å²) >= 11 is 0. The number of aromatic nitrogens is 2. The number of pyridine rings is 2. The molecule has 0 saturated carbocycles. The van der Waals surface area contributed by atoms with Gasteiger partial charge in [0.15, 0.2) is 0 Å². The number of ether oxygens (including phenoxy) is 1. The summed E-state index contributed by atoms with van der Waals surface area (Å²) in [5, 5.41) is 3.60. The average Bonchev–Trinajstić information content (AvgIpc) is 2.90. The van der Waals surface area contributed by atoms with Crippen LogP contribution in [0.5, 0.6) is 0 Å². The number of halogens is 2. The molecule has 2 aromatic heterocycles. The number of nitrogens with one attached hydrogen (secondary N) is 1. The van der Waals surface area contributed by atoms with E-state index in [4.69, 9.17) is 9.72 Å². The van der Waals surface area contributed by atoms with Gasteiger partial charge in [0.25, 0.3) is 0 Å². The third kappa shape index (κ3) is 5.02. The number of piperazine rings is 1. The van der Waals surface area contributed by atoms with Crippen LogP contribution in [0.3, 0.4) is 0 Å². The number of fused-ring (bicyclic) bond motifs is 1. The second-order valence-electron chi connectivity index (χ2n) is 9.61. The fourth-order valence-electron chi connectivity index (χ4n) is 5.22. The Morgan fingerprint density at radius 2 is 1.89 bits per heavy atom. The van der Waals surface area contributed by atoms with Crippen LogP contribution in [0.4, 0.5) is 31.7 Å². The Morgan fingerprint density at radius 1 is 1.11 bits per heavy atom. The lowest BCUT2D eigenvalue weighted by molar-refractivity contribution is -0.133. The maximum absolute atomic E-state index is 15.2. The van der Waals surface area contributed by atoms with Crippen molar-refractivity contribution in [2.75, 3.05) is 61.1 Å². The monoisotopic (exact) mass is 510 g/mol. The van der Waals surface area contributed by atoms with Crippen molar-refractivity contribution in [1.29, 1.82) is 0 Å². The van der Waals surface area contributed by atoms with Crippen molar-refractivity contribution in [2.24, 2.45) is 0 Å². The Labute approximate surface area is 215 Å². The Morgan fingerprint density at radius 3 is 2.62 bits per heavy atom. The fourth-order valence-corrected chi connectivity index (χ4v) is 5.22. The predicted octanol–water partition coefficient (Wildman–Crippen LogP) is 4.24. The zero-order valence-electron chi connectivity index (χ0n) is 21.4. The van der Waals surface area contributed by atoms with Gasteiger partial charge < -0.3 is 24.8 Å². The van der Waals surface area contributed by atoms with Gasteiger partial charge in [0.1, 0.15) is 17.5 Å². The third-order valence-electron chi connectivity index (χ3n) is 7.14. The number of hydrogen-bond donors (Lipinski definition) is 1. The molecule has 2 aliphatic rings. The lowest BCUT2D eigenvalue weighted by Gasteiger charge is -2.41. The molecule has 2 aliphatic heterocycles. The van der Waals surface area contributed by atoms with E-state index in [1.54, 1.807) is 12.4 Å². The van der Waals surface area contributed by atoms with E-state index in [2.05, 4.69) is 20.1 Å². The van der Waals surface area contributed by atoms with Gasteiger partial charge >= 0.3 is 0 Å². The van der Waals surface area contributed by atoms with Crippen LogP contribution in [0.15, 0.2) is 30.6 Å². The molecule has 2 fully saturated rings. The van der Waals surface area contributed by atoms with Gasteiger partial charge in [-0.3, -0.25) is 9.78 Å². The van der Waals surface area contributed by atoms with E-state index in [0.717, 1.165) is 30.4 Å². The number of nitrogens with zero attached hydrogens (tertiary/aromatic N) is 5. The van der Waals surface area contributed by atoms with E-state index in [1.165, 1.54) is 6.07 Å². The van der Waals surface area contributed by atoms with Crippen molar-refractivity contribution >= 4 is 39.7 Å². The Balaban J connectivity index is 1.54. The molecule has 1 atom stereocenters. The molecule has 0 unspecified atom stereocenters. The largest absolute Gasteiger partial charge is 0.378 e. The highest BCUT2D eigenvalue weighted by molar-refractivity contribution is 5.98. The first kappa shape index (κ1) is 25.1. The van der Waals surface area contributed by atoms with Crippen LogP contribution in [0.2, 0.25) is 0 Å². The van der Waals surface area contributed by atoms with Gasteiger partial charge in [-0.15, -0.1) is 0 Å². The third-order valence-corrected chi connectivity index (χ3v) is 7.14. The zero-order valence-corrected chi connectivity index (χ0v) is 21.4. The van der Waals surface area contributed by atoms with E-state index >= 15 is 4.39 Å². The molecule has 4 heterocycles.